The smallest absolute Gasteiger partial charge is 0.311 e. The number of methoxy groups -OCH3 is 1. The lowest BCUT2D eigenvalue weighted by Gasteiger charge is -2.22. The van der Waals surface area contributed by atoms with Gasteiger partial charge in [0.25, 0.3) is 0 Å². The molecular formula is C26H36N2O4S. The Labute approximate surface area is 202 Å². The van der Waals surface area contributed by atoms with Crippen molar-refractivity contribution < 1.29 is 19.4 Å². The van der Waals surface area contributed by atoms with Crippen LogP contribution in [0.2, 0.25) is 0 Å². The second kappa shape index (κ2) is 11.9. The molecule has 0 aliphatic carbocycles. The Morgan fingerprint density at radius 3 is 2.39 bits per heavy atom. The van der Waals surface area contributed by atoms with Gasteiger partial charge in [0.15, 0.2) is 16.6 Å². The van der Waals surface area contributed by atoms with Gasteiger partial charge in [0.05, 0.1) is 19.1 Å². The molecule has 7 heteroatoms. The molecule has 1 atom stereocenters. The summed E-state index contributed by atoms with van der Waals surface area (Å²) >= 11 is 5.45. The Bertz CT molecular complexity index is 969. The highest BCUT2D eigenvalue weighted by molar-refractivity contribution is 7.80. The Balaban J connectivity index is 1.96. The number of phenolic OH excluding ortho intramolecular Hbond substituents is 1. The van der Waals surface area contributed by atoms with Crippen LogP contribution >= 0.6 is 12.2 Å². The van der Waals surface area contributed by atoms with E-state index in [0.29, 0.717) is 30.6 Å². The normalized spacial score (nSPS) is 12.1. The highest BCUT2D eigenvalue weighted by Crippen LogP contribution is 2.26. The van der Waals surface area contributed by atoms with Gasteiger partial charge in [0.2, 0.25) is 0 Å². The zero-order valence-corrected chi connectivity index (χ0v) is 21.3. The second-order valence-electron chi connectivity index (χ2n) is 9.41. The maximum Gasteiger partial charge on any atom is 0.311 e. The summed E-state index contributed by atoms with van der Waals surface area (Å²) in [5.74, 6) is 0.365. The molecule has 0 bridgehead atoms. The predicted octanol–water partition coefficient (Wildman–Crippen LogP) is 4.43. The first-order valence-electron chi connectivity index (χ1n) is 11.1. The number of benzene rings is 2. The topological polar surface area (TPSA) is 79.8 Å². The predicted molar refractivity (Wildman–Crippen MR) is 136 cm³/mol. The molecule has 0 aliphatic heterocycles. The molecule has 3 N–H and O–H groups in total. The average molecular weight is 473 g/mol. The molecule has 0 spiro atoms. The van der Waals surface area contributed by atoms with E-state index in [0.717, 1.165) is 12.0 Å². The number of hydrogen-bond acceptors (Lipinski definition) is 5. The van der Waals surface area contributed by atoms with Gasteiger partial charge >= 0.3 is 5.97 Å². The number of aryl methyl sites for hydroxylation is 2. The van der Waals surface area contributed by atoms with Crippen LogP contribution in [0.15, 0.2) is 36.4 Å². The van der Waals surface area contributed by atoms with Gasteiger partial charge in [-0.15, -0.1) is 0 Å². The molecule has 0 saturated heterocycles. The van der Waals surface area contributed by atoms with Gasteiger partial charge in [-0.3, -0.25) is 4.79 Å². The quantitative estimate of drug-likeness (QED) is 0.368. The Kier molecular flexibility index (Phi) is 9.53. The largest absolute Gasteiger partial charge is 0.504 e. The number of phenols is 1. The van der Waals surface area contributed by atoms with Crippen LogP contribution < -0.4 is 15.4 Å². The van der Waals surface area contributed by atoms with Crippen molar-refractivity contribution in [2.45, 2.75) is 47.6 Å². The van der Waals surface area contributed by atoms with E-state index < -0.39 is 5.41 Å². The number of carbonyl (C=O) groups is 1. The molecule has 180 valence electrons. The van der Waals surface area contributed by atoms with Crippen molar-refractivity contribution in [2.75, 3.05) is 20.3 Å². The van der Waals surface area contributed by atoms with E-state index >= 15 is 0 Å². The summed E-state index contributed by atoms with van der Waals surface area (Å²) < 4.78 is 10.8. The fourth-order valence-corrected chi connectivity index (χ4v) is 3.33. The maximum atomic E-state index is 12.3. The van der Waals surface area contributed by atoms with E-state index in [1.54, 1.807) is 12.1 Å². The molecule has 33 heavy (non-hydrogen) atoms. The first kappa shape index (κ1) is 26.5. The first-order valence-corrected chi connectivity index (χ1v) is 11.5. The van der Waals surface area contributed by atoms with Crippen molar-refractivity contribution in [2.24, 2.45) is 11.3 Å². The van der Waals surface area contributed by atoms with Gasteiger partial charge in [-0.2, -0.15) is 0 Å². The molecule has 0 amide bonds. The molecule has 2 aromatic carbocycles. The van der Waals surface area contributed by atoms with Crippen LogP contribution in [0.5, 0.6) is 11.5 Å². The number of hydrogen-bond donors (Lipinski definition) is 3. The van der Waals surface area contributed by atoms with Crippen molar-refractivity contribution in [3.63, 3.8) is 0 Å². The van der Waals surface area contributed by atoms with Crippen molar-refractivity contribution >= 4 is 23.3 Å². The summed E-state index contributed by atoms with van der Waals surface area (Å²) in [6.45, 7) is 11.1. The van der Waals surface area contributed by atoms with Gasteiger partial charge in [-0.25, -0.2) is 0 Å². The van der Waals surface area contributed by atoms with Crippen LogP contribution in [0.3, 0.4) is 0 Å². The Morgan fingerprint density at radius 1 is 1.06 bits per heavy atom. The highest BCUT2D eigenvalue weighted by atomic mass is 32.1. The minimum absolute atomic E-state index is 0.0620. The van der Waals surface area contributed by atoms with Crippen molar-refractivity contribution in [1.82, 2.24) is 10.6 Å². The van der Waals surface area contributed by atoms with Crippen molar-refractivity contribution in [1.29, 1.82) is 0 Å². The van der Waals surface area contributed by atoms with Gasteiger partial charge in [0, 0.05) is 19.0 Å². The summed E-state index contributed by atoms with van der Waals surface area (Å²) in [7, 11) is 1.51. The lowest BCUT2D eigenvalue weighted by molar-refractivity contribution is -0.154. The monoisotopic (exact) mass is 472 g/mol. The third kappa shape index (κ3) is 8.57. The number of nitrogens with one attached hydrogen (secondary N) is 2. The molecule has 0 radical (unpaired) electrons. The molecule has 1 unspecified atom stereocenters. The zero-order valence-electron chi connectivity index (χ0n) is 20.5. The first-order chi connectivity index (χ1) is 15.5. The number of ether oxygens (including phenoxy) is 2. The standard InChI is InChI=1S/C26H36N2O4S/c1-17-7-8-19(11-18(17)2)12-21(16-32-24(30)26(3,4)5)15-28-25(33)27-14-20-9-10-22(29)23(13-20)31-6/h7-11,13,21,29H,12,14-16H2,1-6H3,(H2,27,28,33). The lowest BCUT2D eigenvalue weighted by Crippen LogP contribution is -2.39. The molecule has 0 aromatic heterocycles. The SMILES string of the molecule is COc1cc(CNC(=S)NCC(COC(=O)C(C)(C)C)Cc2ccc(C)c(C)c2)ccc1O. The maximum absolute atomic E-state index is 12.3. The van der Waals surface area contributed by atoms with Crippen LogP contribution in [0.4, 0.5) is 0 Å². The molecule has 2 aromatic rings. The fourth-order valence-electron chi connectivity index (χ4n) is 3.18. The zero-order chi connectivity index (χ0) is 24.6. The van der Waals surface area contributed by atoms with E-state index in [1.165, 1.54) is 23.8 Å². The molecule has 0 saturated carbocycles. The van der Waals surface area contributed by atoms with E-state index in [-0.39, 0.29) is 17.6 Å². The van der Waals surface area contributed by atoms with Gasteiger partial charge < -0.3 is 25.2 Å². The second-order valence-corrected chi connectivity index (χ2v) is 9.82. The van der Waals surface area contributed by atoms with Gasteiger partial charge in [0.1, 0.15) is 0 Å². The molecule has 0 fully saturated rings. The van der Waals surface area contributed by atoms with Gasteiger partial charge in [-0.1, -0.05) is 24.3 Å². The number of thiocarbonyl (C=S) groups is 1. The van der Waals surface area contributed by atoms with E-state index in [4.69, 9.17) is 21.7 Å². The summed E-state index contributed by atoms with van der Waals surface area (Å²) in [6.07, 6.45) is 0.767. The molecule has 2 rings (SSSR count). The van der Waals surface area contributed by atoms with E-state index in [2.05, 4.69) is 42.7 Å². The molecule has 0 heterocycles. The van der Waals surface area contributed by atoms with Crippen molar-refractivity contribution in [3.05, 3.63) is 58.7 Å². The summed E-state index contributed by atoms with van der Waals surface area (Å²) in [5.41, 5.74) is 4.09. The third-order valence-corrected chi connectivity index (χ3v) is 5.70. The van der Waals surface area contributed by atoms with E-state index in [9.17, 15) is 9.90 Å². The summed E-state index contributed by atoms with van der Waals surface area (Å²) in [6, 6.07) is 11.6. The van der Waals surface area contributed by atoms with Crippen LogP contribution in [0.1, 0.15) is 43.0 Å². The summed E-state index contributed by atoms with van der Waals surface area (Å²) in [5, 5.41) is 16.7. The van der Waals surface area contributed by atoms with Crippen LogP contribution in [0.25, 0.3) is 0 Å². The molecule has 0 aliphatic rings. The van der Waals surface area contributed by atoms with Crippen LogP contribution in [-0.4, -0.2) is 36.4 Å². The highest BCUT2D eigenvalue weighted by Gasteiger charge is 2.24. The van der Waals surface area contributed by atoms with Crippen LogP contribution in [0, 0.1) is 25.2 Å². The Morgan fingerprint density at radius 2 is 1.76 bits per heavy atom. The minimum Gasteiger partial charge on any atom is -0.504 e. The Hall–Kier alpha value is -2.80. The fraction of sp³-hybridized carbons (Fsp3) is 0.462. The average Bonchev–Trinajstić information content (AvgIpc) is 2.76. The lowest BCUT2D eigenvalue weighted by atomic mass is 9.96. The van der Waals surface area contributed by atoms with Gasteiger partial charge in [-0.05, 0) is 87.6 Å². The third-order valence-electron chi connectivity index (χ3n) is 5.41. The van der Waals surface area contributed by atoms with E-state index in [1.807, 2.05) is 26.8 Å². The van der Waals surface area contributed by atoms with Crippen LogP contribution in [-0.2, 0) is 22.5 Å². The number of esters is 1. The number of rotatable bonds is 9. The molecular weight excluding hydrogens is 436 g/mol. The number of aromatic hydroxyl groups is 1. The molecule has 6 nitrogen and oxygen atoms in total. The number of carbonyl (C=O) groups excluding carboxylic acids is 1. The van der Waals surface area contributed by atoms with Crippen molar-refractivity contribution in [3.8, 4) is 11.5 Å². The minimum atomic E-state index is -0.541. The summed E-state index contributed by atoms with van der Waals surface area (Å²) in [4.78, 5) is 12.3.